The zero-order valence-electron chi connectivity index (χ0n) is 6.53. The van der Waals surface area contributed by atoms with Crippen LogP contribution in [0.3, 0.4) is 0 Å². The van der Waals surface area contributed by atoms with Crippen molar-refractivity contribution in [2.45, 2.75) is 18.8 Å². The summed E-state index contributed by atoms with van der Waals surface area (Å²) in [6, 6.07) is 0. The maximum atomic E-state index is 10.9. The molecule has 4 heteroatoms. The van der Waals surface area contributed by atoms with E-state index in [1.54, 1.807) is 6.20 Å². The van der Waals surface area contributed by atoms with E-state index in [0.717, 1.165) is 18.5 Å². The van der Waals surface area contributed by atoms with Crippen LogP contribution in [0.4, 0.5) is 0 Å². The van der Waals surface area contributed by atoms with E-state index in [1.165, 1.54) is 6.20 Å². The standard InChI is InChI=1S/C8H9N3O/c9-8(12)7-6(5-1-2-5)10-3-4-11-7/h3-5H,1-2H2,(H2,9,12). The molecule has 2 rings (SSSR count). The third-order valence-electron chi connectivity index (χ3n) is 1.92. The van der Waals surface area contributed by atoms with Gasteiger partial charge in [0.1, 0.15) is 5.69 Å². The fourth-order valence-corrected chi connectivity index (χ4v) is 1.19. The number of carbonyl (C=O) groups excluding carboxylic acids is 1. The van der Waals surface area contributed by atoms with Crippen molar-refractivity contribution < 1.29 is 4.79 Å². The molecule has 62 valence electrons. The molecule has 4 nitrogen and oxygen atoms in total. The van der Waals surface area contributed by atoms with Crippen LogP contribution in [0.5, 0.6) is 0 Å². The van der Waals surface area contributed by atoms with Crippen molar-refractivity contribution in [1.29, 1.82) is 0 Å². The number of nitrogens with two attached hydrogens (primary N) is 1. The van der Waals surface area contributed by atoms with E-state index < -0.39 is 5.91 Å². The number of amides is 1. The largest absolute Gasteiger partial charge is 0.364 e. The van der Waals surface area contributed by atoms with Crippen LogP contribution in [0, 0.1) is 0 Å². The summed E-state index contributed by atoms with van der Waals surface area (Å²) in [5.41, 5.74) is 6.24. The SMILES string of the molecule is NC(=O)c1nccnc1C1CC1. The molecule has 1 amide bonds. The summed E-state index contributed by atoms with van der Waals surface area (Å²) >= 11 is 0. The number of carbonyl (C=O) groups is 1. The summed E-state index contributed by atoms with van der Waals surface area (Å²) in [6.07, 6.45) is 5.28. The van der Waals surface area contributed by atoms with Crippen LogP contribution in [0.1, 0.15) is 34.9 Å². The Kier molecular flexibility index (Phi) is 1.53. The van der Waals surface area contributed by atoms with Gasteiger partial charge in [-0.2, -0.15) is 0 Å². The lowest BCUT2D eigenvalue weighted by Gasteiger charge is -2.00. The van der Waals surface area contributed by atoms with E-state index in [4.69, 9.17) is 5.73 Å². The molecule has 1 aromatic heterocycles. The average molecular weight is 163 g/mol. The second kappa shape index (κ2) is 2.55. The summed E-state index contributed by atoms with van der Waals surface area (Å²) in [7, 11) is 0. The molecule has 1 aliphatic carbocycles. The Morgan fingerprint density at radius 1 is 1.42 bits per heavy atom. The monoisotopic (exact) mass is 163 g/mol. The van der Waals surface area contributed by atoms with Gasteiger partial charge < -0.3 is 5.73 Å². The highest BCUT2D eigenvalue weighted by molar-refractivity contribution is 5.92. The molecule has 0 radical (unpaired) electrons. The molecule has 0 bridgehead atoms. The van der Waals surface area contributed by atoms with Gasteiger partial charge in [0, 0.05) is 18.3 Å². The number of hydrogen-bond donors (Lipinski definition) is 1. The molecule has 0 atom stereocenters. The van der Waals surface area contributed by atoms with Crippen LogP contribution in [-0.4, -0.2) is 15.9 Å². The van der Waals surface area contributed by atoms with Crippen LogP contribution in [0.25, 0.3) is 0 Å². The van der Waals surface area contributed by atoms with Crippen molar-refractivity contribution in [3.8, 4) is 0 Å². The summed E-state index contributed by atoms with van der Waals surface area (Å²) < 4.78 is 0. The van der Waals surface area contributed by atoms with Gasteiger partial charge in [-0.25, -0.2) is 4.98 Å². The van der Waals surface area contributed by atoms with E-state index >= 15 is 0 Å². The van der Waals surface area contributed by atoms with Gasteiger partial charge in [0.15, 0.2) is 0 Å². The van der Waals surface area contributed by atoms with Gasteiger partial charge in [-0.05, 0) is 12.8 Å². The van der Waals surface area contributed by atoms with Gasteiger partial charge in [-0.3, -0.25) is 9.78 Å². The lowest BCUT2D eigenvalue weighted by atomic mass is 10.2. The smallest absolute Gasteiger partial charge is 0.269 e. The first-order chi connectivity index (χ1) is 5.79. The Morgan fingerprint density at radius 3 is 2.67 bits per heavy atom. The first-order valence-electron chi connectivity index (χ1n) is 3.89. The summed E-state index contributed by atoms with van der Waals surface area (Å²) in [5.74, 6) is -0.0637. The highest BCUT2D eigenvalue weighted by Gasteiger charge is 2.29. The summed E-state index contributed by atoms with van der Waals surface area (Å²) in [4.78, 5) is 18.9. The van der Waals surface area contributed by atoms with E-state index in [-0.39, 0.29) is 0 Å². The second-order valence-electron chi connectivity index (χ2n) is 2.93. The molecule has 0 aromatic carbocycles. The van der Waals surface area contributed by atoms with Crippen molar-refractivity contribution >= 4 is 5.91 Å². The van der Waals surface area contributed by atoms with Crippen LogP contribution < -0.4 is 5.73 Å². The van der Waals surface area contributed by atoms with Crippen molar-refractivity contribution in [2.75, 3.05) is 0 Å². The molecule has 0 unspecified atom stereocenters. The molecule has 1 aliphatic rings. The predicted molar refractivity (Wildman–Crippen MR) is 42.5 cm³/mol. The topological polar surface area (TPSA) is 68.9 Å². The number of hydrogen-bond acceptors (Lipinski definition) is 3. The van der Waals surface area contributed by atoms with E-state index in [9.17, 15) is 4.79 Å². The van der Waals surface area contributed by atoms with E-state index in [0.29, 0.717) is 11.6 Å². The van der Waals surface area contributed by atoms with Crippen LogP contribution in [0.2, 0.25) is 0 Å². The number of primary amides is 1. The quantitative estimate of drug-likeness (QED) is 0.688. The summed E-state index contributed by atoms with van der Waals surface area (Å²) in [6.45, 7) is 0. The molecule has 0 spiro atoms. The lowest BCUT2D eigenvalue weighted by molar-refractivity contribution is 0.0994. The van der Waals surface area contributed by atoms with Crippen LogP contribution in [-0.2, 0) is 0 Å². The van der Waals surface area contributed by atoms with Gasteiger partial charge >= 0.3 is 0 Å². The van der Waals surface area contributed by atoms with Gasteiger partial charge in [0.2, 0.25) is 0 Å². The Balaban J connectivity index is 2.43. The minimum absolute atomic E-state index is 0.333. The Labute approximate surface area is 69.8 Å². The third kappa shape index (κ3) is 1.15. The lowest BCUT2D eigenvalue weighted by Crippen LogP contribution is -2.16. The Morgan fingerprint density at radius 2 is 2.08 bits per heavy atom. The molecule has 1 fully saturated rings. The van der Waals surface area contributed by atoms with Crippen LogP contribution >= 0.6 is 0 Å². The average Bonchev–Trinajstić information content (AvgIpc) is 2.87. The second-order valence-corrected chi connectivity index (χ2v) is 2.93. The number of nitrogens with zero attached hydrogens (tertiary/aromatic N) is 2. The Bertz CT molecular complexity index is 320. The van der Waals surface area contributed by atoms with Gasteiger partial charge in [0.25, 0.3) is 5.91 Å². The first-order valence-corrected chi connectivity index (χ1v) is 3.89. The zero-order chi connectivity index (χ0) is 8.55. The van der Waals surface area contributed by atoms with Gasteiger partial charge in [-0.1, -0.05) is 0 Å². The fourth-order valence-electron chi connectivity index (χ4n) is 1.19. The molecule has 2 N–H and O–H groups in total. The molecule has 1 heterocycles. The minimum atomic E-state index is -0.481. The molecular formula is C8H9N3O. The molecule has 12 heavy (non-hydrogen) atoms. The van der Waals surface area contributed by atoms with Gasteiger partial charge in [0.05, 0.1) is 5.69 Å². The maximum Gasteiger partial charge on any atom is 0.269 e. The number of aromatic nitrogens is 2. The minimum Gasteiger partial charge on any atom is -0.364 e. The van der Waals surface area contributed by atoms with Crippen molar-refractivity contribution in [2.24, 2.45) is 5.73 Å². The van der Waals surface area contributed by atoms with Crippen molar-refractivity contribution in [1.82, 2.24) is 9.97 Å². The molecule has 0 aliphatic heterocycles. The molecular weight excluding hydrogens is 154 g/mol. The fraction of sp³-hybridized carbons (Fsp3) is 0.375. The molecule has 0 saturated heterocycles. The Hall–Kier alpha value is -1.45. The van der Waals surface area contributed by atoms with Gasteiger partial charge in [-0.15, -0.1) is 0 Å². The maximum absolute atomic E-state index is 10.9. The highest BCUT2D eigenvalue weighted by atomic mass is 16.1. The van der Waals surface area contributed by atoms with Crippen molar-refractivity contribution in [3.05, 3.63) is 23.8 Å². The predicted octanol–water partition coefficient (Wildman–Crippen LogP) is 0.453. The van der Waals surface area contributed by atoms with Crippen molar-refractivity contribution in [3.63, 3.8) is 0 Å². The molecule has 1 saturated carbocycles. The summed E-state index contributed by atoms with van der Waals surface area (Å²) in [5, 5.41) is 0. The highest BCUT2D eigenvalue weighted by Crippen LogP contribution is 2.39. The van der Waals surface area contributed by atoms with E-state index in [2.05, 4.69) is 9.97 Å². The van der Waals surface area contributed by atoms with E-state index in [1.807, 2.05) is 0 Å². The normalized spacial score (nSPS) is 16.0. The third-order valence-corrected chi connectivity index (χ3v) is 1.92. The zero-order valence-corrected chi connectivity index (χ0v) is 6.53. The molecule has 1 aromatic rings. The van der Waals surface area contributed by atoms with Crippen LogP contribution in [0.15, 0.2) is 12.4 Å². The first kappa shape index (κ1) is 7.21. The number of rotatable bonds is 2.